The highest BCUT2D eigenvalue weighted by atomic mass is 16.3. The van der Waals surface area contributed by atoms with Crippen molar-refractivity contribution in [3.8, 4) is 0 Å². The van der Waals surface area contributed by atoms with Crippen LogP contribution in [0.25, 0.3) is 0 Å². The van der Waals surface area contributed by atoms with Crippen LogP contribution in [0.1, 0.15) is 42.3 Å². The molecule has 2 N–H and O–H groups in total. The molecule has 2 aromatic rings. The number of aliphatic hydroxyl groups excluding tert-OH is 1. The smallest absolute Gasteiger partial charge is 0.129 e. The lowest BCUT2D eigenvalue weighted by atomic mass is 9.80. The predicted molar refractivity (Wildman–Crippen MR) is 100 cm³/mol. The number of hydrogen-bond acceptors (Lipinski definition) is 5. The monoisotopic (exact) mass is 338 g/mol. The normalized spacial score (nSPS) is 22.2. The summed E-state index contributed by atoms with van der Waals surface area (Å²) in [7, 11) is 0. The second-order valence-electron chi connectivity index (χ2n) is 7.19. The molecule has 132 valence electrons. The maximum absolute atomic E-state index is 9.52. The van der Waals surface area contributed by atoms with Gasteiger partial charge in [0.2, 0.25) is 0 Å². The number of benzene rings is 1. The quantitative estimate of drug-likeness (QED) is 0.878. The summed E-state index contributed by atoms with van der Waals surface area (Å²) < 4.78 is 0. The summed E-state index contributed by atoms with van der Waals surface area (Å²) in [4.78, 5) is 11.5. The van der Waals surface area contributed by atoms with Crippen LogP contribution in [0.3, 0.4) is 0 Å². The van der Waals surface area contributed by atoms with E-state index in [1.54, 1.807) is 0 Å². The minimum absolute atomic E-state index is 0.157. The summed E-state index contributed by atoms with van der Waals surface area (Å²) in [5.74, 6) is 2.07. The van der Waals surface area contributed by atoms with Gasteiger partial charge in [0.25, 0.3) is 0 Å². The molecule has 0 atom stereocenters. The summed E-state index contributed by atoms with van der Waals surface area (Å²) in [5, 5.41) is 13.0. The zero-order chi connectivity index (χ0) is 17.2. The molecule has 1 aromatic heterocycles. The van der Waals surface area contributed by atoms with Crippen LogP contribution < -0.4 is 10.2 Å². The third kappa shape index (κ3) is 3.61. The first-order valence-corrected chi connectivity index (χ1v) is 9.29. The van der Waals surface area contributed by atoms with Crippen molar-refractivity contribution in [2.24, 2.45) is 0 Å². The Morgan fingerprint density at radius 3 is 2.92 bits per heavy atom. The number of rotatable bonds is 5. The minimum Gasteiger partial charge on any atom is -0.393 e. The molecule has 0 spiro atoms. The number of aliphatic hydroxyl groups is 1. The molecule has 25 heavy (non-hydrogen) atoms. The minimum atomic E-state index is -0.157. The van der Waals surface area contributed by atoms with E-state index in [1.165, 1.54) is 24.1 Å². The Morgan fingerprint density at radius 2 is 2.08 bits per heavy atom. The summed E-state index contributed by atoms with van der Waals surface area (Å²) in [6, 6.07) is 10.8. The fourth-order valence-electron chi connectivity index (χ4n) is 3.88. The largest absolute Gasteiger partial charge is 0.393 e. The van der Waals surface area contributed by atoms with Crippen LogP contribution in [0.4, 0.5) is 11.5 Å². The zero-order valence-corrected chi connectivity index (χ0v) is 14.8. The van der Waals surface area contributed by atoms with E-state index in [2.05, 4.69) is 44.5 Å². The Balaban J connectivity index is 1.38. The van der Waals surface area contributed by atoms with Gasteiger partial charge in [-0.15, -0.1) is 0 Å². The molecule has 1 aliphatic heterocycles. The first-order valence-electron chi connectivity index (χ1n) is 9.29. The van der Waals surface area contributed by atoms with Crippen molar-refractivity contribution in [3.05, 3.63) is 47.4 Å². The highest BCUT2D eigenvalue weighted by Gasteiger charge is 2.30. The summed E-state index contributed by atoms with van der Waals surface area (Å²) >= 11 is 0. The number of aryl methyl sites for hydroxylation is 2. The molecule has 0 radical (unpaired) electrons. The van der Waals surface area contributed by atoms with Gasteiger partial charge in [-0.3, -0.25) is 0 Å². The molecule has 1 saturated carbocycles. The lowest BCUT2D eigenvalue weighted by Gasteiger charge is -2.32. The number of hydrogen-bond donors (Lipinski definition) is 2. The van der Waals surface area contributed by atoms with Crippen LogP contribution in [0, 0.1) is 6.92 Å². The van der Waals surface area contributed by atoms with Crippen LogP contribution in [0.5, 0.6) is 0 Å². The van der Waals surface area contributed by atoms with E-state index in [1.807, 2.05) is 13.0 Å². The van der Waals surface area contributed by atoms with E-state index >= 15 is 0 Å². The van der Waals surface area contributed by atoms with Gasteiger partial charge in [0.1, 0.15) is 11.6 Å². The van der Waals surface area contributed by atoms with Gasteiger partial charge >= 0.3 is 0 Å². The maximum Gasteiger partial charge on any atom is 0.129 e. The van der Waals surface area contributed by atoms with Gasteiger partial charge < -0.3 is 15.3 Å². The number of aromatic nitrogens is 2. The third-order valence-corrected chi connectivity index (χ3v) is 5.28. The number of nitrogens with zero attached hydrogens (tertiary/aromatic N) is 3. The molecule has 5 nitrogen and oxygen atoms in total. The summed E-state index contributed by atoms with van der Waals surface area (Å²) in [5.41, 5.74) is 3.89. The lowest BCUT2D eigenvalue weighted by Crippen LogP contribution is -2.33. The van der Waals surface area contributed by atoms with Gasteiger partial charge in [-0.25, -0.2) is 9.97 Å². The number of fused-ring (bicyclic) bond motifs is 1. The molecule has 2 aliphatic rings. The van der Waals surface area contributed by atoms with E-state index in [9.17, 15) is 5.11 Å². The van der Waals surface area contributed by atoms with Crippen molar-refractivity contribution in [1.29, 1.82) is 0 Å². The van der Waals surface area contributed by atoms with Crippen molar-refractivity contribution in [1.82, 2.24) is 9.97 Å². The van der Waals surface area contributed by atoms with Crippen LogP contribution in [-0.2, 0) is 6.42 Å². The third-order valence-electron chi connectivity index (χ3n) is 5.28. The highest BCUT2D eigenvalue weighted by molar-refractivity contribution is 5.55. The summed E-state index contributed by atoms with van der Waals surface area (Å²) in [6.45, 7) is 4.88. The lowest BCUT2D eigenvalue weighted by molar-refractivity contribution is 0.0731. The molecule has 0 bridgehead atoms. The SMILES string of the molecule is Cc1nc(NCCN2CCCc3ccccc32)cc(C2CC(O)C2)n1. The van der Waals surface area contributed by atoms with Crippen LogP contribution >= 0.6 is 0 Å². The number of nitrogens with one attached hydrogen (secondary N) is 1. The van der Waals surface area contributed by atoms with E-state index in [-0.39, 0.29) is 6.10 Å². The molecule has 2 heterocycles. The van der Waals surface area contributed by atoms with Crippen molar-refractivity contribution >= 4 is 11.5 Å². The fourth-order valence-corrected chi connectivity index (χ4v) is 3.88. The summed E-state index contributed by atoms with van der Waals surface area (Å²) in [6.07, 6.45) is 3.89. The van der Waals surface area contributed by atoms with Crippen LogP contribution in [-0.4, -0.2) is 40.8 Å². The van der Waals surface area contributed by atoms with Crippen LogP contribution in [0.2, 0.25) is 0 Å². The highest BCUT2D eigenvalue weighted by Crippen LogP contribution is 2.36. The molecule has 0 amide bonds. The molecule has 5 heteroatoms. The Kier molecular flexibility index (Phi) is 4.57. The Labute approximate surface area is 149 Å². The average Bonchev–Trinajstić information content (AvgIpc) is 2.59. The second kappa shape index (κ2) is 7.00. The molecular weight excluding hydrogens is 312 g/mol. The Bertz CT molecular complexity index is 742. The molecule has 1 aliphatic carbocycles. The predicted octanol–water partition coefficient (Wildman–Crippen LogP) is 2.89. The molecule has 1 aromatic carbocycles. The maximum atomic E-state index is 9.52. The number of anilines is 2. The van der Waals surface area contributed by atoms with Crippen molar-refractivity contribution < 1.29 is 5.11 Å². The van der Waals surface area contributed by atoms with Gasteiger partial charge in [0.15, 0.2) is 0 Å². The van der Waals surface area contributed by atoms with E-state index in [4.69, 9.17) is 0 Å². The molecule has 0 unspecified atom stereocenters. The molecule has 0 saturated heterocycles. The van der Waals surface area contributed by atoms with Gasteiger partial charge in [-0.2, -0.15) is 0 Å². The van der Waals surface area contributed by atoms with Crippen molar-refractivity contribution in [2.75, 3.05) is 29.9 Å². The molecule has 1 fully saturated rings. The van der Waals surface area contributed by atoms with Crippen molar-refractivity contribution in [3.63, 3.8) is 0 Å². The molecule has 4 rings (SSSR count). The van der Waals surface area contributed by atoms with Gasteiger partial charge in [-0.1, -0.05) is 18.2 Å². The van der Waals surface area contributed by atoms with E-state index < -0.39 is 0 Å². The Morgan fingerprint density at radius 1 is 1.24 bits per heavy atom. The van der Waals surface area contributed by atoms with Gasteiger partial charge in [-0.05, 0) is 44.2 Å². The standard InChI is InChI=1S/C20H26N4O/c1-14-22-18(16-11-17(25)12-16)13-20(23-14)21-8-10-24-9-4-6-15-5-2-3-7-19(15)24/h2-3,5,7,13,16-17,25H,4,6,8-12H2,1H3,(H,21,22,23). The second-order valence-corrected chi connectivity index (χ2v) is 7.19. The zero-order valence-electron chi connectivity index (χ0n) is 14.8. The van der Waals surface area contributed by atoms with E-state index in [0.717, 1.165) is 49.8 Å². The van der Waals surface area contributed by atoms with Gasteiger partial charge in [0.05, 0.1) is 6.10 Å². The molecular formula is C20H26N4O. The number of para-hydroxylation sites is 1. The van der Waals surface area contributed by atoms with Crippen molar-refractivity contribution in [2.45, 2.75) is 44.6 Å². The van der Waals surface area contributed by atoms with Crippen LogP contribution in [0.15, 0.2) is 30.3 Å². The topological polar surface area (TPSA) is 61.3 Å². The first kappa shape index (κ1) is 16.3. The van der Waals surface area contributed by atoms with E-state index in [0.29, 0.717) is 5.92 Å². The van der Waals surface area contributed by atoms with Gasteiger partial charge in [0, 0.05) is 43.0 Å². The first-order chi connectivity index (χ1) is 12.2. The fraction of sp³-hybridized carbons (Fsp3) is 0.500. The average molecular weight is 338 g/mol. The Hall–Kier alpha value is -2.14.